The summed E-state index contributed by atoms with van der Waals surface area (Å²) in [5.41, 5.74) is 2.13. The van der Waals surface area contributed by atoms with E-state index in [4.69, 9.17) is 0 Å². The molecule has 0 spiro atoms. The lowest BCUT2D eigenvalue weighted by Crippen LogP contribution is -2.16. The normalized spacial score (nSPS) is 18.0. The molecule has 0 bridgehead atoms. The third-order valence-corrected chi connectivity index (χ3v) is 5.54. The maximum Gasteiger partial charge on any atom is 0.192 e. The van der Waals surface area contributed by atoms with Crippen LogP contribution in [0.1, 0.15) is 18.0 Å². The van der Waals surface area contributed by atoms with E-state index in [9.17, 15) is 8.42 Å². The highest BCUT2D eigenvalue weighted by Gasteiger charge is 2.20. The second-order valence-corrected chi connectivity index (χ2v) is 8.13. The molecule has 0 fully saturated rings. The molecule has 21 heavy (non-hydrogen) atoms. The van der Waals surface area contributed by atoms with Crippen LogP contribution in [0.25, 0.3) is 0 Å². The van der Waals surface area contributed by atoms with Crippen LogP contribution in [-0.4, -0.2) is 25.4 Å². The van der Waals surface area contributed by atoms with Crippen LogP contribution in [0.4, 0.5) is 5.69 Å². The topological polar surface area (TPSA) is 59.1 Å². The van der Waals surface area contributed by atoms with Gasteiger partial charge in [0.05, 0.1) is 17.9 Å². The monoisotopic (exact) mass is 320 g/mol. The van der Waals surface area contributed by atoms with Crippen molar-refractivity contribution in [2.75, 3.05) is 17.3 Å². The molecule has 2 aromatic rings. The Morgan fingerprint density at radius 1 is 1.24 bits per heavy atom. The van der Waals surface area contributed by atoms with Gasteiger partial charge in [0.1, 0.15) is 0 Å². The molecule has 1 N–H and O–H groups in total. The Bertz CT molecular complexity index is 743. The summed E-state index contributed by atoms with van der Waals surface area (Å²) < 4.78 is 22.8. The first-order valence-corrected chi connectivity index (χ1v) is 9.56. The summed E-state index contributed by atoms with van der Waals surface area (Å²) >= 11 is 1.87. The highest BCUT2D eigenvalue weighted by Crippen LogP contribution is 2.37. The Morgan fingerprint density at radius 2 is 2.05 bits per heavy atom. The first-order valence-electron chi connectivity index (χ1n) is 6.68. The fourth-order valence-corrected chi connectivity index (χ4v) is 4.06. The van der Waals surface area contributed by atoms with Gasteiger partial charge in [-0.05, 0) is 30.2 Å². The van der Waals surface area contributed by atoms with Crippen LogP contribution in [0, 0.1) is 0 Å². The molecule has 0 aliphatic carbocycles. The minimum absolute atomic E-state index is 0.104. The van der Waals surface area contributed by atoms with Gasteiger partial charge in [-0.3, -0.25) is 0 Å². The van der Waals surface area contributed by atoms with Gasteiger partial charge in [-0.2, -0.15) is 0 Å². The maximum atomic E-state index is 11.4. The lowest BCUT2D eigenvalue weighted by Gasteiger charge is -2.26. The molecule has 1 unspecified atom stereocenters. The van der Waals surface area contributed by atoms with Crippen molar-refractivity contribution < 1.29 is 8.42 Å². The second kappa shape index (κ2) is 5.69. The first-order chi connectivity index (χ1) is 10.0. The van der Waals surface area contributed by atoms with E-state index in [-0.39, 0.29) is 11.1 Å². The summed E-state index contributed by atoms with van der Waals surface area (Å²) in [6.45, 7) is 0. The smallest absolute Gasteiger partial charge is 0.192 e. The molecule has 4 nitrogen and oxygen atoms in total. The number of benzene rings is 1. The summed E-state index contributed by atoms with van der Waals surface area (Å²) in [6.07, 6.45) is 3.79. The molecule has 0 saturated carbocycles. The molecule has 1 aliphatic rings. The Hall–Kier alpha value is -1.53. The van der Waals surface area contributed by atoms with Crippen LogP contribution in [0.3, 0.4) is 0 Å². The van der Waals surface area contributed by atoms with Crippen LogP contribution in [-0.2, 0) is 9.84 Å². The number of nitrogens with zero attached hydrogens (tertiary/aromatic N) is 1. The Kier molecular flexibility index (Phi) is 3.91. The zero-order valence-electron chi connectivity index (χ0n) is 11.6. The van der Waals surface area contributed by atoms with E-state index in [1.807, 2.05) is 17.8 Å². The molecule has 3 rings (SSSR count). The average Bonchev–Trinajstić information content (AvgIpc) is 2.47. The van der Waals surface area contributed by atoms with Gasteiger partial charge in [-0.15, -0.1) is 11.8 Å². The molecule has 2 heterocycles. The molecular weight excluding hydrogens is 304 g/mol. The molecule has 1 aromatic carbocycles. The molecular formula is C15H16N2O2S2. The maximum absolute atomic E-state index is 11.4. The van der Waals surface area contributed by atoms with Crippen molar-refractivity contribution in [1.29, 1.82) is 0 Å². The van der Waals surface area contributed by atoms with E-state index in [2.05, 4.69) is 28.5 Å². The van der Waals surface area contributed by atoms with E-state index in [1.54, 1.807) is 18.3 Å². The molecule has 1 aliphatic heterocycles. The highest BCUT2D eigenvalue weighted by molar-refractivity contribution is 7.99. The van der Waals surface area contributed by atoms with E-state index < -0.39 is 9.84 Å². The largest absolute Gasteiger partial charge is 0.377 e. The standard InChI is InChI=1S/C15H16N2O2S2/c1-21(18,19)15-7-6-11(10-16-15)17-13-8-9-20-14-5-3-2-4-12(13)14/h2-7,10,13,17H,8-9H2,1H3. The number of pyridine rings is 1. The van der Waals surface area contributed by atoms with Crippen LogP contribution < -0.4 is 5.32 Å². The molecule has 1 atom stereocenters. The molecule has 0 amide bonds. The van der Waals surface area contributed by atoms with Gasteiger partial charge < -0.3 is 5.32 Å². The summed E-state index contributed by atoms with van der Waals surface area (Å²) in [7, 11) is -3.24. The fraction of sp³-hybridized carbons (Fsp3) is 0.267. The van der Waals surface area contributed by atoms with E-state index in [1.165, 1.54) is 10.5 Å². The molecule has 0 radical (unpaired) electrons. The van der Waals surface area contributed by atoms with Gasteiger partial charge in [-0.1, -0.05) is 18.2 Å². The van der Waals surface area contributed by atoms with Gasteiger partial charge in [0.15, 0.2) is 14.9 Å². The quantitative estimate of drug-likeness (QED) is 0.941. The number of fused-ring (bicyclic) bond motifs is 1. The van der Waals surface area contributed by atoms with Crippen molar-refractivity contribution in [3.63, 3.8) is 0 Å². The number of hydrogen-bond donors (Lipinski definition) is 1. The summed E-state index contributed by atoms with van der Waals surface area (Å²) in [6, 6.07) is 11.9. The molecule has 0 saturated heterocycles. The van der Waals surface area contributed by atoms with E-state index >= 15 is 0 Å². The number of sulfone groups is 1. The van der Waals surface area contributed by atoms with Crippen LogP contribution in [0.2, 0.25) is 0 Å². The van der Waals surface area contributed by atoms with Crippen LogP contribution >= 0.6 is 11.8 Å². The summed E-state index contributed by atoms with van der Waals surface area (Å²) in [4.78, 5) is 5.32. The Morgan fingerprint density at radius 3 is 2.76 bits per heavy atom. The van der Waals surface area contributed by atoms with Crippen molar-refractivity contribution in [2.24, 2.45) is 0 Å². The predicted octanol–water partition coefficient (Wildman–Crippen LogP) is 3.13. The van der Waals surface area contributed by atoms with Gasteiger partial charge in [0, 0.05) is 16.9 Å². The second-order valence-electron chi connectivity index (χ2n) is 5.03. The van der Waals surface area contributed by atoms with E-state index in [0.29, 0.717) is 0 Å². The van der Waals surface area contributed by atoms with Gasteiger partial charge in [0.25, 0.3) is 0 Å². The lowest BCUT2D eigenvalue weighted by molar-refractivity contribution is 0.598. The third kappa shape index (κ3) is 3.22. The summed E-state index contributed by atoms with van der Waals surface area (Å²) in [5, 5.41) is 3.55. The lowest BCUT2D eigenvalue weighted by atomic mass is 10.0. The van der Waals surface area contributed by atoms with Crippen molar-refractivity contribution >= 4 is 27.3 Å². The number of rotatable bonds is 3. The van der Waals surface area contributed by atoms with Crippen LogP contribution in [0.15, 0.2) is 52.5 Å². The summed E-state index contributed by atoms with van der Waals surface area (Å²) in [5.74, 6) is 1.07. The minimum Gasteiger partial charge on any atom is -0.377 e. The molecule has 110 valence electrons. The number of nitrogens with one attached hydrogen (secondary N) is 1. The number of aromatic nitrogens is 1. The Balaban J connectivity index is 1.82. The van der Waals surface area contributed by atoms with Crippen molar-refractivity contribution in [1.82, 2.24) is 4.98 Å². The minimum atomic E-state index is -3.24. The number of thioether (sulfide) groups is 1. The predicted molar refractivity (Wildman–Crippen MR) is 85.5 cm³/mol. The first kappa shape index (κ1) is 14.4. The van der Waals surface area contributed by atoms with Crippen LogP contribution in [0.5, 0.6) is 0 Å². The van der Waals surface area contributed by atoms with Crippen molar-refractivity contribution in [3.05, 3.63) is 48.2 Å². The van der Waals surface area contributed by atoms with Crippen molar-refractivity contribution in [2.45, 2.75) is 22.4 Å². The van der Waals surface area contributed by atoms with Gasteiger partial charge in [-0.25, -0.2) is 13.4 Å². The average molecular weight is 320 g/mol. The fourth-order valence-electron chi connectivity index (χ4n) is 2.38. The zero-order chi connectivity index (χ0) is 14.9. The SMILES string of the molecule is CS(=O)(=O)c1ccc(NC2CCSc3ccccc32)cn1. The van der Waals surface area contributed by atoms with Gasteiger partial charge in [0.2, 0.25) is 0 Å². The Labute approximate surface area is 128 Å². The third-order valence-electron chi connectivity index (χ3n) is 3.42. The number of anilines is 1. The highest BCUT2D eigenvalue weighted by atomic mass is 32.2. The van der Waals surface area contributed by atoms with E-state index in [0.717, 1.165) is 24.1 Å². The van der Waals surface area contributed by atoms with Crippen molar-refractivity contribution in [3.8, 4) is 0 Å². The van der Waals surface area contributed by atoms with Gasteiger partial charge >= 0.3 is 0 Å². The molecule has 1 aromatic heterocycles. The number of hydrogen-bond acceptors (Lipinski definition) is 5. The zero-order valence-corrected chi connectivity index (χ0v) is 13.2. The molecule has 6 heteroatoms.